The van der Waals surface area contributed by atoms with Gasteiger partial charge in [0, 0.05) is 23.5 Å². The zero-order valence-corrected chi connectivity index (χ0v) is 11.8. The summed E-state index contributed by atoms with van der Waals surface area (Å²) in [5.74, 6) is -3.04. The lowest BCUT2D eigenvalue weighted by Crippen LogP contribution is -2.22. The molecule has 0 atom stereocenters. The van der Waals surface area contributed by atoms with Gasteiger partial charge >= 0.3 is 0 Å². The van der Waals surface area contributed by atoms with Crippen molar-refractivity contribution in [2.24, 2.45) is 0 Å². The molecule has 0 N–H and O–H groups in total. The second kappa shape index (κ2) is 6.00. The predicted octanol–water partition coefficient (Wildman–Crippen LogP) is 2.79. The van der Waals surface area contributed by atoms with Crippen molar-refractivity contribution >= 4 is 28.7 Å². The lowest BCUT2D eigenvalue weighted by molar-refractivity contribution is -0.304. The Labute approximate surface area is 129 Å². The largest absolute Gasteiger partial charge is 0.550 e. The van der Waals surface area contributed by atoms with Crippen LogP contribution in [0.4, 0.5) is 8.78 Å². The van der Waals surface area contributed by atoms with Gasteiger partial charge in [-0.15, -0.1) is 0 Å². The number of carboxylic acids is 1. The Morgan fingerprint density at radius 3 is 2.48 bits per heavy atom. The van der Waals surface area contributed by atoms with E-state index in [4.69, 9.17) is 4.42 Å². The average molecular weight is 314 g/mol. The summed E-state index contributed by atoms with van der Waals surface area (Å²) in [5, 5.41) is 10.9. The Morgan fingerprint density at radius 2 is 1.83 bits per heavy atom. The van der Waals surface area contributed by atoms with Gasteiger partial charge < -0.3 is 14.3 Å². The molecule has 3 rings (SSSR count). The maximum atomic E-state index is 13.8. The van der Waals surface area contributed by atoms with Crippen LogP contribution in [0, 0.1) is 11.6 Å². The van der Waals surface area contributed by atoms with Crippen molar-refractivity contribution < 1.29 is 23.1 Å². The summed E-state index contributed by atoms with van der Waals surface area (Å²) >= 11 is 0. The molecule has 1 aromatic heterocycles. The highest BCUT2D eigenvalue weighted by Crippen LogP contribution is 2.26. The molecule has 0 fully saturated rings. The quantitative estimate of drug-likeness (QED) is 0.742. The van der Waals surface area contributed by atoms with E-state index in [1.54, 1.807) is 24.3 Å². The number of oxazole rings is 1. The second-order valence-corrected chi connectivity index (χ2v) is 4.84. The first kappa shape index (κ1) is 14.9. The van der Waals surface area contributed by atoms with Crippen LogP contribution in [0.3, 0.4) is 0 Å². The molecule has 0 unspecified atom stereocenters. The third-order valence-electron chi connectivity index (χ3n) is 3.22. The van der Waals surface area contributed by atoms with Crippen LogP contribution < -0.4 is 5.11 Å². The Hall–Kier alpha value is -3.02. The van der Waals surface area contributed by atoms with Crippen molar-refractivity contribution in [2.45, 2.75) is 6.42 Å². The number of carboxylic acid groups (broad SMARTS) is 1. The number of carbonyl (C=O) groups excluding carboxylic acids is 1. The van der Waals surface area contributed by atoms with Crippen LogP contribution in [0.1, 0.15) is 17.9 Å². The third-order valence-corrected chi connectivity index (χ3v) is 3.22. The fourth-order valence-electron chi connectivity index (χ4n) is 2.18. The van der Waals surface area contributed by atoms with E-state index in [-0.39, 0.29) is 17.0 Å². The van der Waals surface area contributed by atoms with Gasteiger partial charge in [-0.25, -0.2) is 13.8 Å². The number of aromatic nitrogens is 1. The van der Waals surface area contributed by atoms with Gasteiger partial charge in [0.1, 0.15) is 17.2 Å². The highest BCUT2D eigenvalue weighted by Gasteiger charge is 2.14. The predicted molar refractivity (Wildman–Crippen MR) is 77.9 cm³/mol. The van der Waals surface area contributed by atoms with Gasteiger partial charge in [0.05, 0.1) is 0 Å². The fraction of sp³-hybridized carbons (Fsp3) is 0.0588. The van der Waals surface area contributed by atoms with Gasteiger partial charge in [-0.1, -0.05) is 18.2 Å². The van der Waals surface area contributed by atoms with Gasteiger partial charge in [0.15, 0.2) is 5.58 Å². The van der Waals surface area contributed by atoms with E-state index >= 15 is 0 Å². The van der Waals surface area contributed by atoms with Crippen LogP contribution >= 0.6 is 0 Å². The number of hydrogen-bond acceptors (Lipinski definition) is 4. The number of carbonyl (C=O) groups is 1. The van der Waals surface area contributed by atoms with Crippen molar-refractivity contribution in [2.75, 3.05) is 0 Å². The van der Waals surface area contributed by atoms with Crippen molar-refractivity contribution in [3.05, 3.63) is 65.6 Å². The molecule has 0 spiro atoms. The minimum atomic E-state index is -1.41. The highest BCUT2D eigenvalue weighted by atomic mass is 19.1. The van der Waals surface area contributed by atoms with Crippen LogP contribution in [-0.2, 0) is 4.79 Å². The zero-order valence-electron chi connectivity index (χ0n) is 11.8. The van der Waals surface area contributed by atoms with Gasteiger partial charge in [-0.05, 0) is 30.3 Å². The molecular weight excluding hydrogens is 304 g/mol. The molecule has 4 nitrogen and oxygen atoms in total. The van der Waals surface area contributed by atoms with E-state index in [0.29, 0.717) is 11.1 Å². The van der Waals surface area contributed by atoms with Crippen molar-refractivity contribution in [1.29, 1.82) is 0 Å². The summed E-state index contributed by atoms with van der Waals surface area (Å²) in [6, 6.07) is 10.2. The van der Waals surface area contributed by atoms with Gasteiger partial charge in [0.25, 0.3) is 0 Å². The van der Waals surface area contributed by atoms with Crippen LogP contribution in [0.15, 0.2) is 46.9 Å². The molecule has 1 heterocycles. The first-order valence-corrected chi connectivity index (χ1v) is 6.75. The van der Waals surface area contributed by atoms with Crippen molar-refractivity contribution in [3.8, 4) is 0 Å². The van der Waals surface area contributed by atoms with E-state index in [1.165, 1.54) is 6.07 Å². The van der Waals surface area contributed by atoms with Crippen molar-refractivity contribution in [3.63, 3.8) is 0 Å². The highest BCUT2D eigenvalue weighted by molar-refractivity contribution is 5.90. The number of halogens is 2. The average Bonchev–Trinajstić information content (AvgIpc) is 2.93. The van der Waals surface area contributed by atoms with E-state index in [1.807, 2.05) is 0 Å². The molecule has 0 radical (unpaired) electrons. The molecule has 0 bridgehead atoms. The summed E-state index contributed by atoms with van der Waals surface area (Å²) in [6.07, 6.45) is 0.492. The molecule has 0 aliphatic rings. The maximum absolute atomic E-state index is 13.8. The van der Waals surface area contributed by atoms with Crippen LogP contribution in [-0.4, -0.2) is 11.0 Å². The van der Waals surface area contributed by atoms with Crippen LogP contribution in [0.2, 0.25) is 0 Å². The van der Waals surface area contributed by atoms with Crippen molar-refractivity contribution in [1.82, 2.24) is 4.98 Å². The lowest BCUT2D eigenvalue weighted by atomic mass is 10.1. The molecule has 3 aromatic rings. The minimum absolute atomic E-state index is 0.0157. The second-order valence-electron chi connectivity index (χ2n) is 4.84. The number of para-hydroxylation sites is 2. The molecule has 0 amide bonds. The number of fused-ring (bicyclic) bond motifs is 1. The maximum Gasteiger partial charge on any atom is 0.223 e. The standard InChI is InChI=1S/C17H11F2NO3/c18-12-4-3-5-13(19)11(12)8-10(9-16(21)22)17-20-14-6-1-2-7-15(14)23-17/h1-8H,9H2,(H,21,22)/p-1/b10-8+. The molecule has 23 heavy (non-hydrogen) atoms. The smallest absolute Gasteiger partial charge is 0.223 e. The molecule has 0 saturated heterocycles. The minimum Gasteiger partial charge on any atom is -0.550 e. The Bertz CT molecular complexity index is 862. The third kappa shape index (κ3) is 3.11. The summed E-state index contributed by atoms with van der Waals surface area (Å²) in [4.78, 5) is 15.1. The molecule has 0 aliphatic heterocycles. The van der Waals surface area contributed by atoms with Crippen LogP contribution in [0.5, 0.6) is 0 Å². The lowest BCUT2D eigenvalue weighted by Gasteiger charge is -2.06. The Kier molecular flexibility index (Phi) is 3.89. The summed E-state index contributed by atoms with van der Waals surface area (Å²) in [5.41, 5.74) is 0.623. The first-order valence-electron chi connectivity index (χ1n) is 6.75. The van der Waals surface area contributed by atoms with E-state index in [2.05, 4.69) is 4.98 Å². The Balaban J connectivity index is 2.14. The summed E-state index contributed by atoms with van der Waals surface area (Å²) in [7, 11) is 0. The summed E-state index contributed by atoms with van der Waals surface area (Å²) in [6.45, 7) is 0. The normalized spacial score (nSPS) is 11.8. The molecule has 2 aromatic carbocycles. The van der Waals surface area contributed by atoms with E-state index in [9.17, 15) is 18.7 Å². The SMILES string of the molecule is O=C([O-])C/C(=C\c1c(F)cccc1F)c1nc2ccccc2o1. The number of rotatable bonds is 4. The summed E-state index contributed by atoms with van der Waals surface area (Å²) < 4.78 is 33.0. The van der Waals surface area contributed by atoms with Gasteiger partial charge in [-0.3, -0.25) is 0 Å². The molecule has 0 saturated carbocycles. The number of benzene rings is 2. The van der Waals surface area contributed by atoms with E-state index in [0.717, 1.165) is 18.2 Å². The molecule has 6 heteroatoms. The topological polar surface area (TPSA) is 66.2 Å². The Morgan fingerprint density at radius 1 is 1.13 bits per heavy atom. The van der Waals surface area contributed by atoms with Gasteiger partial charge in [-0.2, -0.15) is 0 Å². The van der Waals surface area contributed by atoms with E-state index < -0.39 is 24.0 Å². The first-order chi connectivity index (χ1) is 11.0. The van der Waals surface area contributed by atoms with Crippen LogP contribution in [0.25, 0.3) is 22.7 Å². The zero-order chi connectivity index (χ0) is 16.4. The van der Waals surface area contributed by atoms with Gasteiger partial charge in [0.2, 0.25) is 5.89 Å². The number of hydrogen-bond donors (Lipinski definition) is 0. The molecule has 0 aliphatic carbocycles. The molecule has 116 valence electrons. The number of nitrogens with zero attached hydrogens (tertiary/aromatic N) is 1. The number of aliphatic carboxylic acids is 1. The fourth-order valence-corrected chi connectivity index (χ4v) is 2.18. The monoisotopic (exact) mass is 314 g/mol. The molecular formula is C17H10F2NO3-.